The van der Waals surface area contributed by atoms with Gasteiger partial charge in [-0.25, -0.2) is 13.6 Å². The molecule has 0 aromatic carbocycles. The first-order chi connectivity index (χ1) is 8.80. The van der Waals surface area contributed by atoms with E-state index in [1.807, 2.05) is 13.8 Å². The predicted octanol–water partition coefficient (Wildman–Crippen LogP) is 0.171. The molecule has 0 bridgehead atoms. The predicted molar refractivity (Wildman–Crippen MR) is 75.3 cm³/mol. The molecule has 1 aliphatic heterocycles. The van der Waals surface area contributed by atoms with Crippen LogP contribution in [-0.4, -0.2) is 44.4 Å². The van der Waals surface area contributed by atoms with E-state index >= 15 is 0 Å². The van der Waals surface area contributed by atoms with E-state index < -0.39 is 15.1 Å². The second kappa shape index (κ2) is 6.13. The van der Waals surface area contributed by atoms with Gasteiger partial charge in [0.15, 0.2) is 5.76 Å². The molecule has 0 saturated carbocycles. The normalized spacial score (nSPS) is 23.2. The number of nitrogens with one attached hydrogen (secondary N) is 1. The van der Waals surface area contributed by atoms with Crippen LogP contribution < -0.4 is 10.5 Å². The molecule has 1 aromatic heterocycles. The van der Waals surface area contributed by atoms with Crippen LogP contribution in [0, 0.1) is 0 Å². The Kier molecular flexibility index (Phi) is 5.20. The third-order valence-corrected chi connectivity index (χ3v) is 4.15. The molecule has 7 nitrogen and oxygen atoms in total. The van der Waals surface area contributed by atoms with Gasteiger partial charge < -0.3 is 14.6 Å². The first-order valence-electron chi connectivity index (χ1n) is 5.97. The number of amides is 1. The van der Waals surface area contributed by atoms with Crippen LogP contribution in [-0.2, 0) is 10.0 Å². The Labute approximate surface area is 123 Å². The van der Waals surface area contributed by atoms with Crippen LogP contribution in [0.3, 0.4) is 0 Å². The minimum absolute atomic E-state index is 0. The summed E-state index contributed by atoms with van der Waals surface area (Å²) in [5.74, 6) is -0.333. The third-order valence-electron chi connectivity index (χ3n) is 3.37. The van der Waals surface area contributed by atoms with Gasteiger partial charge in [-0.1, -0.05) is 0 Å². The maximum atomic E-state index is 12.3. The van der Waals surface area contributed by atoms with Crippen molar-refractivity contribution in [2.75, 3.05) is 13.1 Å². The minimum atomic E-state index is -3.92. The molecule has 1 amide bonds. The van der Waals surface area contributed by atoms with Gasteiger partial charge in [-0.3, -0.25) is 4.79 Å². The summed E-state index contributed by atoms with van der Waals surface area (Å²) in [5.41, 5.74) is 0. The van der Waals surface area contributed by atoms with E-state index in [-0.39, 0.29) is 36.2 Å². The molecule has 1 aliphatic rings. The minimum Gasteiger partial charge on any atom is -0.438 e. The lowest BCUT2D eigenvalue weighted by molar-refractivity contribution is 0.0565. The maximum absolute atomic E-state index is 12.3. The van der Waals surface area contributed by atoms with Gasteiger partial charge in [0.2, 0.25) is 5.09 Å². The molecular formula is C11H18ClN3O4S. The van der Waals surface area contributed by atoms with Crippen LogP contribution in [0.4, 0.5) is 0 Å². The van der Waals surface area contributed by atoms with Crippen LogP contribution in [0.5, 0.6) is 0 Å². The molecule has 9 heteroatoms. The van der Waals surface area contributed by atoms with Gasteiger partial charge in [0.05, 0.1) is 0 Å². The highest BCUT2D eigenvalue weighted by atomic mass is 35.5. The number of halogens is 1. The molecule has 1 aromatic rings. The van der Waals surface area contributed by atoms with Crippen molar-refractivity contribution in [1.29, 1.82) is 0 Å². The molecule has 0 aliphatic carbocycles. The van der Waals surface area contributed by atoms with Crippen molar-refractivity contribution in [3.63, 3.8) is 0 Å². The highest BCUT2D eigenvalue weighted by Crippen LogP contribution is 2.17. The molecule has 20 heavy (non-hydrogen) atoms. The van der Waals surface area contributed by atoms with Crippen LogP contribution in [0.1, 0.15) is 24.4 Å². The van der Waals surface area contributed by atoms with Crippen molar-refractivity contribution in [2.24, 2.45) is 5.14 Å². The fourth-order valence-corrected chi connectivity index (χ4v) is 2.54. The van der Waals surface area contributed by atoms with Gasteiger partial charge in [0.25, 0.3) is 15.9 Å². The number of hydrogen-bond acceptors (Lipinski definition) is 5. The van der Waals surface area contributed by atoms with Gasteiger partial charge in [-0.15, -0.1) is 12.4 Å². The zero-order chi connectivity index (χ0) is 14.2. The number of carbonyl (C=O) groups excluding carboxylic acids is 1. The van der Waals surface area contributed by atoms with E-state index in [1.165, 1.54) is 12.1 Å². The zero-order valence-electron chi connectivity index (χ0n) is 11.2. The van der Waals surface area contributed by atoms with Crippen molar-refractivity contribution in [2.45, 2.75) is 31.0 Å². The number of hydrogen-bond donors (Lipinski definition) is 2. The quantitative estimate of drug-likeness (QED) is 0.807. The number of piperazine rings is 1. The number of primary sulfonamides is 1. The Balaban J connectivity index is 0.00000200. The van der Waals surface area contributed by atoms with E-state index in [9.17, 15) is 13.2 Å². The molecule has 2 heterocycles. The number of rotatable bonds is 2. The van der Waals surface area contributed by atoms with Gasteiger partial charge in [-0.2, -0.15) is 0 Å². The summed E-state index contributed by atoms with van der Waals surface area (Å²) in [4.78, 5) is 13.9. The Hall–Kier alpha value is -1.09. The van der Waals surface area contributed by atoms with E-state index in [2.05, 4.69) is 5.32 Å². The van der Waals surface area contributed by atoms with Gasteiger partial charge in [0.1, 0.15) is 0 Å². The monoisotopic (exact) mass is 323 g/mol. The van der Waals surface area contributed by atoms with Crippen molar-refractivity contribution in [1.82, 2.24) is 10.2 Å². The Bertz CT molecular complexity index is 586. The maximum Gasteiger partial charge on any atom is 0.289 e. The average Bonchev–Trinajstić information content (AvgIpc) is 2.81. The molecule has 114 valence electrons. The first kappa shape index (κ1) is 17.0. The van der Waals surface area contributed by atoms with Gasteiger partial charge in [-0.05, 0) is 26.0 Å². The van der Waals surface area contributed by atoms with E-state index in [4.69, 9.17) is 9.56 Å². The second-order valence-corrected chi connectivity index (χ2v) is 6.14. The lowest BCUT2D eigenvalue weighted by atomic mass is 10.1. The van der Waals surface area contributed by atoms with Crippen LogP contribution in [0.2, 0.25) is 0 Å². The summed E-state index contributed by atoms with van der Waals surface area (Å²) in [5, 5.41) is 7.80. The standard InChI is InChI=1S/C11H17N3O4S.ClH/c1-7-8(2)14(6-5-13-7)11(15)9-3-4-10(18-9)19(12,16)17;/h3-4,7-8,13H,5-6H2,1-2H3,(H2,12,16,17);1H. The molecule has 0 spiro atoms. The zero-order valence-corrected chi connectivity index (χ0v) is 12.8. The van der Waals surface area contributed by atoms with Crippen molar-refractivity contribution in [3.8, 4) is 0 Å². The fraction of sp³-hybridized carbons (Fsp3) is 0.545. The lowest BCUT2D eigenvalue weighted by Gasteiger charge is -2.38. The lowest BCUT2D eigenvalue weighted by Crippen LogP contribution is -2.57. The Morgan fingerprint density at radius 2 is 2.10 bits per heavy atom. The molecule has 1 fully saturated rings. The molecule has 1 saturated heterocycles. The molecule has 0 radical (unpaired) electrons. The van der Waals surface area contributed by atoms with E-state index in [1.54, 1.807) is 4.90 Å². The van der Waals surface area contributed by atoms with Crippen LogP contribution in [0.25, 0.3) is 0 Å². The summed E-state index contributed by atoms with van der Waals surface area (Å²) in [6.07, 6.45) is 0. The topological polar surface area (TPSA) is 106 Å². The summed E-state index contributed by atoms with van der Waals surface area (Å²) in [6.45, 7) is 5.16. The summed E-state index contributed by atoms with van der Waals surface area (Å²) in [6, 6.07) is 2.70. The van der Waals surface area contributed by atoms with Gasteiger partial charge in [0, 0.05) is 25.2 Å². The largest absolute Gasteiger partial charge is 0.438 e. The third kappa shape index (κ3) is 3.32. The van der Waals surface area contributed by atoms with Crippen LogP contribution >= 0.6 is 12.4 Å². The summed E-state index contributed by atoms with van der Waals surface area (Å²) < 4.78 is 27.2. The van der Waals surface area contributed by atoms with Crippen LogP contribution in [0.15, 0.2) is 21.6 Å². The number of carbonyl (C=O) groups is 1. The molecule has 2 atom stereocenters. The van der Waals surface area contributed by atoms with Crippen molar-refractivity contribution >= 4 is 28.3 Å². The first-order valence-corrected chi connectivity index (χ1v) is 7.52. The van der Waals surface area contributed by atoms with Crippen molar-refractivity contribution in [3.05, 3.63) is 17.9 Å². The number of furan rings is 1. The number of nitrogens with zero attached hydrogens (tertiary/aromatic N) is 1. The molecule has 2 unspecified atom stereocenters. The number of nitrogens with two attached hydrogens (primary N) is 1. The molecular weight excluding hydrogens is 306 g/mol. The summed E-state index contributed by atoms with van der Waals surface area (Å²) in [7, 11) is -3.92. The fourth-order valence-electron chi connectivity index (χ4n) is 2.07. The van der Waals surface area contributed by atoms with E-state index in [0.29, 0.717) is 13.1 Å². The Morgan fingerprint density at radius 1 is 1.45 bits per heavy atom. The Morgan fingerprint density at radius 3 is 2.65 bits per heavy atom. The highest BCUT2D eigenvalue weighted by Gasteiger charge is 2.30. The number of sulfonamides is 1. The van der Waals surface area contributed by atoms with E-state index in [0.717, 1.165) is 0 Å². The molecule has 3 N–H and O–H groups in total. The highest BCUT2D eigenvalue weighted by molar-refractivity contribution is 7.89. The SMILES string of the molecule is CC1NCCN(C(=O)c2ccc(S(N)(=O)=O)o2)C1C.Cl. The smallest absolute Gasteiger partial charge is 0.289 e. The van der Waals surface area contributed by atoms with Gasteiger partial charge >= 0.3 is 0 Å². The van der Waals surface area contributed by atoms with Crippen molar-refractivity contribution < 1.29 is 17.6 Å². The second-order valence-electron chi connectivity index (χ2n) is 4.65. The molecule has 2 rings (SSSR count). The summed E-state index contributed by atoms with van der Waals surface area (Å²) >= 11 is 0. The average molecular weight is 324 g/mol.